The SMILES string of the molecule is CCC(C)C1CN(Cc2cc(Br)cs2)C(C(C)(C)C)CN1. The minimum atomic E-state index is 0.307. The third-order valence-electron chi connectivity index (χ3n) is 4.76. The molecule has 1 aromatic rings. The maximum Gasteiger partial charge on any atom is 0.0332 e. The molecule has 3 unspecified atom stereocenters. The van der Waals surface area contributed by atoms with Crippen LogP contribution in [0.1, 0.15) is 45.9 Å². The summed E-state index contributed by atoms with van der Waals surface area (Å²) in [6.45, 7) is 15.1. The van der Waals surface area contributed by atoms with Crippen LogP contribution in [0.4, 0.5) is 0 Å². The molecule has 2 nitrogen and oxygen atoms in total. The average Bonchev–Trinajstić information content (AvgIpc) is 2.82. The molecule has 1 aliphatic heterocycles. The van der Waals surface area contributed by atoms with Gasteiger partial charge in [-0.15, -0.1) is 11.3 Å². The van der Waals surface area contributed by atoms with Crippen molar-refractivity contribution in [1.29, 1.82) is 0 Å². The third kappa shape index (κ3) is 4.54. The lowest BCUT2D eigenvalue weighted by molar-refractivity contribution is 0.0386. The van der Waals surface area contributed by atoms with Gasteiger partial charge >= 0.3 is 0 Å². The van der Waals surface area contributed by atoms with Crippen LogP contribution in [0.5, 0.6) is 0 Å². The van der Waals surface area contributed by atoms with Crippen LogP contribution >= 0.6 is 27.3 Å². The van der Waals surface area contributed by atoms with Crippen LogP contribution in [0, 0.1) is 11.3 Å². The fourth-order valence-electron chi connectivity index (χ4n) is 3.17. The number of hydrogen-bond acceptors (Lipinski definition) is 3. The second-order valence-corrected chi connectivity index (χ2v) is 9.35. The first-order valence-corrected chi connectivity index (χ1v) is 9.69. The van der Waals surface area contributed by atoms with E-state index in [9.17, 15) is 0 Å². The fraction of sp³-hybridized carbons (Fsp3) is 0.765. The van der Waals surface area contributed by atoms with Crippen molar-refractivity contribution in [3.05, 3.63) is 20.8 Å². The molecule has 21 heavy (non-hydrogen) atoms. The molecule has 1 fully saturated rings. The number of nitrogens with one attached hydrogen (secondary N) is 1. The first-order valence-electron chi connectivity index (χ1n) is 8.01. The Morgan fingerprint density at radius 1 is 1.48 bits per heavy atom. The smallest absolute Gasteiger partial charge is 0.0332 e. The van der Waals surface area contributed by atoms with Gasteiger partial charge in [-0.05, 0) is 33.3 Å². The van der Waals surface area contributed by atoms with Crippen molar-refractivity contribution in [3.63, 3.8) is 0 Å². The van der Waals surface area contributed by atoms with E-state index in [1.54, 1.807) is 0 Å². The van der Waals surface area contributed by atoms with Crippen molar-refractivity contribution in [3.8, 4) is 0 Å². The van der Waals surface area contributed by atoms with Crippen molar-refractivity contribution in [2.45, 2.75) is 59.7 Å². The molecule has 0 aromatic carbocycles. The van der Waals surface area contributed by atoms with E-state index in [-0.39, 0.29) is 0 Å². The molecule has 0 spiro atoms. The zero-order valence-corrected chi connectivity index (χ0v) is 16.4. The third-order valence-corrected chi connectivity index (χ3v) is 6.44. The highest BCUT2D eigenvalue weighted by Gasteiger charge is 2.36. The van der Waals surface area contributed by atoms with Gasteiger partial charge in [-0.1, -0.05) is 41.0 Å². The van der Waals surface area contributed by atoms with Gasteiger partial charge in [0.15, 0.2) is 0 Å². The molecule has 1 aliphatic rings. The zero-order chi connectivity index (χ0) is 15.6. The molecule has 2 heterocycles. The summed E-state index contributed by atoms with van der Waals surface area (Å²) in [6, 6.07) is 3.49. The first kappa shape index (κ1) is 17.5. The highest BCUT2D eigenvalue weighted by atomic mass is 79.9. The van der Waals surface area contributed by atoms with E-state index in [1.807, 2.05) is 11.3 Å². The van der Waals surface area contributed by atoms with Gasteiger partial charge in [0, 0.05) is 46.4 Å². The summed E-state index contributed by atoms with van der Waals surface area (Å²) >= 11 is 5.44. The average molecular weight is 373 g/mol. The lowest BCUT2D eigenvalue weighted by Crippen LogP contribution is -2.61. The van der Waals surface area contributed by atoms with Gasteiger partial charge in [0.2, 0.25) is 0 Å². The van der Waals surface area contributed by atoms with Crippen LogP contribution < -0.4 is 5.32 Å². The molecule has 0 amide bonds. The van der Waals surface area contributed by atoms with Crippen molar-refractivity contribution in [1.82, 2.24) is 10.2 Å². The van der Waals surface area contributed by atoms with E-state index in [4.69, 9.17) is 0 Å². The van der Waals surface area contributed by atoms with Crippen LogP contribution in [-0.2, 0) is 6.54 Å². The standard InChI is InChI=1S/C17H29BrN2S/c1-6-12(2)15-10-20(9-14-7-13(18)11-21-14)16(8-19-15)17(3,4)5/h7,11-12,15-16,19H,6,8-10H2,1-5H3. The van der Waals surface area contributed by atoms with Crippen molar-refractivity contribution in [2.75, 3.05) is 13.1 Å². The van der Waals surface area contributed by atoms with Gasteiger partial charge in [-0.2, -0.15) is 0 Å². The first-order chi connectivity index (χ1) is 9.81. The number of thiophene rings is 1. The number of halogens is 1. The Balaban J connectivity index is 2.12. The fourth-order valence-corrected chi connectivity index (χ4v) is 4.64. The van der Waals surface area contributed by atoms with Gasteiger partial charge in [0.1, 0.15) is 0 Å². The van der Waals surface area contributed by atoms with Crippen LogP contribution in [-0.4, -0.2) is 30.1 Å². The quantitative estimate of drug-likeness (QED) is 0.820. The maximum atomic E-state index is 3.80. The molecule has 4 heteroatoms. The van der Waals surface area contributed by atoms with E-state index in [1.165, 1.54) is 15.8 Å². The Labute approximate surface area is 142 Å². The van der Waals surface area contributed by atoms with Gasteiger partial charge in [-0.25, -0.2) is 0 Å². The summed E-state index contributed by atoms with van der Waals surface area (Å²) in [5, 5.41) is 5.99. The Morgan fingerprint density at radius 3 is 2.71 bits per heavy atom. The lowest BCUT2D eigenvalue weighted by Gasteiger charge is -2.47. The molecule has 120 valence electrons. The van der Waals surface area contributed by atoms with Crippen LogP contribution in [0.2, 0.25) is 0 Å². The maximum absolute atomic E-state index is 3.80. The predicted octanol–water partition coefficient (Wildman–Crippen LogP) is 4.75. The summed E-state index contributed by atoms with van der Waals surface area (Å²) in [6.07, 6.45) is 1.25. The van der Waals surface area contributed by atoms with Crippen LogP contribution in [0.3, 0.4) is 0 Å². The molecule has 0 bridgehead atoms. The molecule has 1 saturated heterocycles. The molecule has 0 saturated carbocycles. The summed E-state index contributed by atoms with van der Waals surface area (Å²) < 4.78 is 1.21. The molecular formula is C17H29BrN2S. The van der Waals surface area contributed by atoms with Crippen LogP contribution in [0.15, 0.2) is 15.9 Å². The normalized spacial score (nSPS) is 26.0. The summed E-state index contributed by atoms with van der Waals surface area (Å²) in [7, 11) is 0. The Kier molecular flexibility index (Phi) is 5.91. The number of nitrogens with zero attached hydrogens (tertiary/aromatic N) is 1. The molecule has 1 aromatic heterocycles. The van der Waals surface area contributed by atoms with Gasteiger partial charge in [-0.3, -0.25) is 4.90 Å². The highest BCUT2D eigenvalue weighted by molar-refractivity contribution is 9.10. The predicted molar refractivity (Wildman–Crippen MR) is 96.9 cm³/mol. The van der Waals surface area contributed by atoms with E-state index >= 15 is 0 Å². The molecule has 2 rings (SSSR count). The van der Waals surface area contributed by atoms with Crippen molar-refractivity contribution < 1.29 is 0 Å². The lowest BCUT2D eigenvalue weighted by atomic mass is 9.82. The van der Waals surface area contributed by atoms with E-state index in [2.05, 4.69) is 72.2 Å². The topological polar surface area (TPSA) is 15.3 Å². The Morgan fingerprint density at radius 2 is 2.19 bits per heavy atom. The Hall–Kier alpha value is 0.1000. The van der Waals surface area contributed by atoms with E-state index < -0.39 is 0 Å². The highest BCUT2D eigenvalue weighted by Crippen LogP contribution is 2.31. The minimum absolute atomic E-state index is 0.307. The number of piperazine rings is 1. The van der Waals surface area contributed by atoms with Crippen LogP contribution in [0.25, 0.3) is 0 Å². The summed E-state index contributed by atoms with van der Waals surface area (Å²) in [5.74, 6) is 0.739. The van der Waals surface area contributed by atoms with Gasteiger partial charge in [0.05, 0.1) is 0 Å². The molecular weight excluding hydrogens is 344 g/mol. The van der Waals surface area contributed by atoms with Crippen molar-refractivity contribution in [2.24, 2.45) is 11.3 Å². The van der Waals surface area contributed by atoms with Gasteiger partial charge < -0.3 is 5.32 Å². The van der Waals surface area contributed by atoms with E-state index in [0.717, 1.165) is 25.6 Å². The monoisotopic (exact) mass is 372 g/mol. The Bertz CT molecular complexity index is 452. The zero-order valence-electron chi connectivity index (χ0n) is 13.9. The largest absolute Gasteiger partial charge is 0.311 e. The molecule has 0 aliphatic carbocycles. The number of rotatable bonds is 4. The number of hydrogen-bond donors (Lipinski definition) is 1. The molecule has 3 atom stereocenters. The second-order valence-electron chi connectivity index (χ2n) is 7.44. The van der Waals surface area contributed by atoms with E-state index in [0.29, 0.717) is 17.5 Å². The minimum Gasteiger partial charge on any atom is -0.311 e. The molecule has 0 radical (unpaired) electrons. The van der Waals surface area contributed by atoms with Crippen molar-refractivity contribution >= 4 is 27.3 Å². The molecule has 1 N–H and O–H groups in total. The summed E-state index contributed by atoms with van der Waals surface area (Å²) in [4.78, 5) is 4.16. The van der Waals surface area contributed by atoms with Gasteiger partial charge in [0.25, 0.3) is 0 Å². The second kappa shape index (κ2) is 7.12. The summed E-state index contributed by atoms with van der Waals surface area (Å²) in [5.41, 5.74) is 0.307.